The maximum absolute atomic E-state index is 14.1. The van der Waals surface area contributed by atoms with Crippen molar-refractivity contribution in [3.05, 3.63) is 79.2 Å². The van der Waals surface area contributed by atoms with E-state index in [0.29, 0.717) is 22.2 Å². The first-order chi connectivity index (χ1) is 22.2. The fourth-order valence-corrected chi connectivity index (χ4v) is 8.30. The second-order valence-electron chi connectivity index (χ2n) is 13.2. The molecule has 2 aromatic carbocycles. The van der Waals surface area contributed by atoms with Gasteiger partial charge in [-0.3, -0.25) is 9.59 Å². The molecule has 0 saturated carbocycles. The van der Waals surface area contributed by atoms with Gasteiger partial charge in [-0.25, -0.2) is 0 Å². The Morgan fingerprint density at radius 1 is 1.07 bits per heavy atom. The number of aromatic nitrogens is 1. The van der Waals surface area contributed by atoms with Gasteiger partial charge in [-0.2, -0.15) is 0 Å². The van der Waals surface area contributed by atoms with Crippen molar-refractivity contribution >= 4 is 28.9 Å². The summed E-state index contributed by atoms with van der Waals surface area (Å²) in [7, 11) is 0. The summed E-state index contributed by atoms with van der Waals surface area (Å²) in [4.78, 5) is 34.6. The van der Waals surface area contributed by atoms with Gasteiger partial charge < -0.3 is 29.6 Å². The molecular formula is C37H47ClN4O4. The lowest BCUT2D eigenvalue weighted by molar-refractivity contribution is 0.0554. The highest BCUT2D eigenvalue weighted by Gasteiger charge is 2.43. The van der Waals surface area contributed by atoms with E-state index in [4.69, 9.17) is 21.1 Å². The van der Waals surface area contributed by atoms with Crippen molar-refractivity contribution in [1.82, 2.24) is 10.3 Å². The molecule has 2 fully saturated rings. The van der Waals surface area contributed by atoms with Gasteiger partial charge in [-0.05, 0) is 101 Å². The van der Waals surface area contributed by atoms with Crippen molar-refractivity contribution < 1.29 is 14.3 Å². The van der Waals surface area contributed by atoms with E-state index in [2.05, 4.69) is 58.2 Å². The maximum atomic E-state index is 14.1. The van der Waals surface area contributed by atoms with Crippen molar-refractivity contribution in [1.29, 1.82) is 0 Å². The van der Waals surface area contributed by atoms with E-state index in [1.54, 1.807) is 0 Å². The number of nitrogens with zero attached hydrogens (tertiary/aromatic N) is 2. The van der Waals surface area contributed by atoms with Crippen molar-refractivity contribution in [2.75, 3.05) is 55.9 Å². The predicted octanol–water partition coefficient (Wildman–Crippen LogP) is 6.44. The van der Waals surface area contributed by atoms with Gasteiger partial charge >= 0.3 is 0 Å². The van der Waals surface area contributed by atoms with Crippen LogP contribution in [0.4, 0.5) is 11.4 Å². The van der Waals surface area contributed by atoms with E-state index in [1.807, 2.05) is 26.8 Å². The Labute approximate surface area is 277 Å². The summed E-state index contributed by atoms with van der Waals surface area (Å²) in [5.41, 5.74) is 8.88. The van der Waals surface area contributed by atoms with Crippen molar-refractivity contribution in [2.45, 2.75) is 78.3 Å². The first-order valence-corrected chi connectivity index (χ1v) is 17.2. The van der Waals surface area contributed by atoms with E-state index >= 15 is 0 Å². The van der Waals surface area contributed by atoms with E-state index < -0.39 is 0 Å². The van der Waals surface area contributed by atoms with Gasteiger partial charge in [0, 0.05) is 92.3 Å². The summed E-state index contributed by atoms with van der Waals surface area (Å²) >= 11 is 7.28. The first-order valence-electron chi connectivity index (χ1n) is 16.8. The van der Waals surface area contributed by atoms with Gasteiger partial charge in [0.1, 0.15) is 0 Å². The molecular weight excluding hydrogens is 600 g/mol. The van der Waals surface area contributed by atoms with Gasteiger partial charge in [0.2, 0.25) is 0 Å². The number of fused-ring (bicyclic) bond motifs is 2. The highest BCUT2D eigenvalue weighted by atomic mass is 35.5. The van der Waals surface area contributed by atoms with Crippen LogP contribution in [-0.2, 0) is 21.4 Å². The van der Waals surface area contributed by atoms with Crippen LogP contribution < -0.4 is 20.7 Å². The molecule has 3 aromatic rings. The monoisotopic (exact) mass is 646 g/mol. The molecule has 0 radical (unpaired) electrons. The Hall–Kier alpha value is -3.33. The van der Waals surface area contributed by atoms with Crippen LogP contribution in [0.2, 0.25) is 5.02 Å². The number of ether oxygens (including phenoxy) is 2. The first kappa shape index (κ1) is 32.6. The van der Waals surface area contributed by atoms with Gasteiger partial charge in [0.25, 0.3) is 11.5 Å². The van der Waals surface area contributed by atoms with E-state index in [9.17, 15) is 9.59 Å². The number of carbonyl (C=O) groups is 1. The molecule has 1 spiro atoms. The molecule has 246 valence electrons. The molecule has 1 aromatic heterocycles. The van der Waals surface area contributed by atoms with Gasteiger partial charge in [-0.1, -0.05) is 23.7 Å². The molecule has 8 nitrogen and oxygen atoms in total. The number of hydrogen-bond donors (Lipinski definition) is 2. The van der Waals surface area contributed by atoms with E-state index in [0.717, 1.165) is 105 Å². The van der Waals surface area contributed by atoms with Crippen LogP contribution in [0.15, 0.2) is 35.1 Å². The number of benzene rings is 2. The standard InChI is InChI=1S/C37H47ClN4O4/c1-6-41-22-37(12-16-46-17-13-37)30-9-8-26(19-32(30)41)28-20-31(42(7-2)27-10-14-45-15-11-27)25(5)33(34(28)38)36(44)39-21-29-23(3)18-24(4)40-35(29)43/h8-9,18-20,27H,6-7,10-17,21-22H2,1-5H3,(H,39,44)(H,40,43). The van der Waals surface area contributed by atoms with Crippen LogP contribution in [0.25, 0.3) is 11.1 Å². The summed E-state index contributed by atoms with van der Waals surface area (Å²) in [6.07, 6.45) is 3.90. The number of pyridine rings is 1. The molecule has 0 atom stereocenters. The van der Waals surface area contributed by atoms with Gasteiger partial charge in [-0.15, -0.1) is 0 Å². The fraction of sp³-hybridized carbons (Fsp3) is 0.514. The Morgan fingerprint density at radius 2 is 1.78 bits per heavy atom. The largest absolute Gasteiger partial charge is 0.381 e. The molecule has 9 heteroatoms. The Bertz CT molecular complexity index is 1670. The van der Waals surface area contributed by atoms with E-state index in [1.165, 1.54) is 11.3 Å². The second kappa shape index (κ2) is 13.4. The number of aromatic amines is 1. The number of H-pyrrole nitrogens is 1. The molecule has 3 aliphatic rings. The van der Waals surface area contributed by atoms with Crippen molar-refractivity contribution in [3.63, 3.8) is 0 Å². The van der Waals surface area contributed by atoms with Crippen LogP contribution in [0.1, 0.15) is 77.8 Å². The molecule has 2 N–H and O–H groups in total. The minimum Gasteiger partial charge on any atom is -0.381 e. The third-order valence-electron chi connectivity index (χ3n) is 10.5. The number of amides is 1. The summed E-state index contributed by atoms with van der Waals surface area (Å²) in [5, 5.41) is 3.46. The minimum absolute atomic E-state index is 0.114. The lowest BCUT2D eigenvalue weighted by atomic mass is 9.75. The maximum Gasteiger partial charge on any atom is 0.253 e. The highest BCUT2D eigenvalue weighted by Crippen LogP contribution is 2.49. The Morgan fingerprint density at radius 3 is 2.46 bits per heavy atom. The third kappa shape index (κ3) is 5.96. The molecule has 4 heterocycles. The zero-order chi connectivity index (χ0) is 32.6. The zero-order valence-electron chi connectivity index (χ0n) is 27.9. The average Bonchev–Trinajstić information content (AvgIpc) is 3.34. The summed E-state index contributed by atoms with van der Waals surface area (Å²) < 4.78 is 11.4. The smallest absolute Gasteiger partial charge is 0.253 e. The number of nitrogens with one attached hydrogen (secondary N) is 2. The summed E-state index contributed by atoms with van der Waals surface area (Å²) in [6.45, 7) is 16.0. The number of anilines is 2. The van der Waals surface area contributed by atoms with E-state index in [-0.39, 0.29) is 23.4 Å². The van der Waals surface area contributed by atoms with Crippen molar-refractivity contribution in [2.24, 2.45) is 0 Å². The number of hydrogen-bond acceptors (Lipinski definition) is 6. The molecule has 2 saturated heterocycles. The molecule has 3 aliphatic heterocycles. The highest BCUT2D eigenvalue weighted by molar-refractivity contribution is 6.37. The predicted molar refractivity (Wildman–Crippen MR) is 186 cm³/mol. The van der Waals surface area contributed by atoms with Crippen LogP contribution in [0.5, 0.6) is 0 Å². The van der Waals surface area contributed by atoms with Crippen LogP contribution in [0, 0.1) is 20.8 Å². The molecule has 0 unspecified atom stereocenters. The van der Waals surface area contributed by atoms with Gasteiger partial charge in [0.15, 0.2) is 0 Å². The number of halogens is 1. The second-order valence-corrected chi connectivity index (χ2v) is 13.5. The lowest BCUT2D eigenvalue weighted by Gasteiger charge is -2.37. The average molecular weight is 647 g/mol. The van der Waals surface area contributed by atoms with Crippen LogP contribution in [-0.4, -0.2) is 63.0 Å². The Balaban J connectivity index is 1.45. The number of carbonyl (C=O) groups excluding carboxylic acids is 1. The molecule has 46 heavy (non-hydrogen) atoms. The Kier molecular flexibility index (Phi) is 9.51. The topological polar surface area (TPSA) is 86.9 Å². The molecule has 6 rings (SSSR count). The SMILES string of the molecule is CCN1CC2(CCOCC2)c2ccc(-c3cc(N(CC)C4CCOCC4)c(C)c(C(=O)NCc4c(C)cc(C)[nH]c4=O)c3Cl)cc21. The molecule has 1 amide bonds. The normalized spacial score (nSPS) is 17.7. The summed E-state index contributed by atoms with van der Waals surface area (Å²) in [6, 6.07) is 11.1. The summed E-state index contributed by atoms with van der Waals surface area (Å²) in [5.74, 6) is -0.287. The van der Waals surface area contributed by atoms with Gasteiger partial charge in [0.05, 0.1) is 10.6 Å². The fourth-order valence-electron chi connectivity index (χ4n) is 7.91. The number of aryl methyl sites for hydroxylation is 2. The van der Waals surface area contributed by atoms with Crippen LogP contribution in [0.3, 0.4) is 0 Å². The zero-order valence-corrected chi connectivity index (χ0v) is 28.6. The molecule has 0 bridgehead atoms. The lowest BCUT2D eigenvalue weighted by Crippen LogP contribution is -2.40. The quantitative estimate of drug-likeness (QED) is 0.293. The minimum atomic E-state index is -0.287. The number of rotatable bonds is 8. The molecule has 0 aliphatic carbocycles. The van der Waals surface area contributed by atoms with Crippen LogP contribution >= 0.6 is 11.6 Å². The third-order valence-corrected chi connectivity index (χ3v) is 10.9. The number of likely N-dealkylation sites (N-methyl/N-ethyl adjacent to an activating group) is 1. The van der Waals surface area contributed by atoms with Crippen molar-refractivity contribution in [3.8, 4) is 11.1 Å².